The Hall–Kier alpha value is -0.530. The third kappa shape index (κ3) is 2.91. The Morgan fingerprint density at radius 2 is 2.27 bits per heavy atom. The Morgan fingerprint density at radius 3 is 3.00 bits per heavy atom. The van der Waals surface area contributed by atoms with Crippen LogP contribution in [-0.2, 0) is 14.3 Å². The molecule has 1 aliphatic heterocycles. The van der Waals surface area contributed by atoms with E-state index in [1.807, 2.05) is 0 Å². The van der Waals surface area contributed by atoms with Crippen LogP contribution in [0.2, 0.25) is 0 Å². The Bertz CT molecular complexity index is 281. The lowest BCUT2D eigenvalue weighted by Crippen LogP contribution is -2.17. The van der Waals surface area contributed by atoms with Gasteiger partial charge in [0, 0.05) is 12.3 Å². The van der Waals surface area contributed by atoms with Gasteiger partial charge in [0.15, 0.2) is 0 Å². The molecule has 4 heteroatoms. The molecular weight excluding hydrogens is 164 g/mol. The van der Waals surface area contributed by atoms with Gasteiger partial charge in [-0.2, -0.15) is 8.42 Å². The van der Waals surface area contributed by atoms with Crippen molar-refractivity contribution in [2.45, 2.75) is 13.3 Å². The van der Waals surface area contributed by atoms with Crippen molar-refractivity contribution in [3.05, 3.63) is 0 Å². The second kappa shape index (κ2) is 3.24. The topological polar surface area (TPSA) is 43.4 Å². The lowest BCUT2D eigenvalue weighted by Gasteiger charge is -2.07. The zero-order valence-corrected chi connectivity index (χ0v) is 7.15. The fourth-order valence-corrected chi connectivity index (χ4v) is 1.99. The lowest BCUT2D eigenvalue weighted by molar-refractivity contribution is 0.323. The Balaban J connectivity index is 2.76. The van der Waals surface area contributed by atoms with E-state index < -0.39 is 10.1 Å². The summed E-state index contributed by atoms with van der Waals surface area (Å²) in [4.78, 5) is 0. The molecule has 1 aliphatic rings. The molecule has 11 heavy (non-hydrogen) atoms. The molecule has 0 amide bonds. The summed E-state index contributed by atoms with van der Waals surface area (Å²) in [5.74, 6) is 5.57. The molecule has 1 heterocycles. The van der Waals surface area contributed by atoms with Gasteiger partial charge in [0.1, 0.15) is 0 Å². The Morgan fingerprint density at radius 1 is 1.55 bits per heavy atom. The predicted molar refractivity (Wildman–Crippen MR) is 41.3 cm³/mol. The molecule has 0 saturated carbocycles. The maximum atomic E-state index is 10.9. The molecule has 0 aromatic carbocycles. The largest absolute Gasteiger partial charge is 0.269 e. The van der Waals surface area contributed by atoms with Crippen LogP contribution in [-0.4, -0.2) is 20.8 Å². The van der Waals surface area contributed by atoms with Crippen LogP contribution in [0.1, 0.15) is 13.3 Å². The van der Waals surface area contributed by atoms with Gasteiger partial charge in [-0.1, -0.05) is 12.8 Å². The van der Waals surface area contributed by atoms with E-state index in [0.29, 0.717) is 6.42 Å². The van der Waals surface area contributed by atoms with Gasteiger partial charge in [0.05, 0.1) is 12.4 Å². The summed E-state index contributed by atoms with van der Waals surface area (Å²) in [6.45, 7) is 1.97. The minimum Gasteiger partial charge on any atom is -0.269 e. The minimum absolute atomic E-state index is 0.0139. The van der Waals surface area contributed by atoms with E-state index in [0.717, 1.165) is 0 Å². The highest BCUT2D eigenvalue weighted by Gasteiger charge is 2.15. The third-order valence-electron chi connectivity index (χ3n) is 1.29. The van der Waals surface area contributed by atoms with E-state index >= 15 is 0 Å². The van der Waals surface area contributed by atoms with Crippen molar-refractivity contribution in [1.82, 2.24) is 0 Å². The molecule has 0 saturated heterocycles. The molecule has 0 N–H and O–H groups in total. The van der Waals surface area contributed by atoms with Crippen molar-refractivity contribution >= 4 is 10.1 Å². The molecule has 0 radical (unpaired) electrons. The van der Waals surface area contributed by atoms with Crippen LogP contribution < -0.4 is 0 Å². The fourth-order valence-electron chi connectivity index (χ4n) is 0.862. The van der Waals surface area contributed by atoms with E-state index in [2.05, 4.69) is 16.0 Å². The third-order valence-corrected chi connectivity index (χ3v) is 2.73. The summed E-state index contributed by atoms with van der Waals surface area (Å²) in [5.41, 5.74) is 0. The SMILES string of the molecule is CC1C#CCCOS(=O)(=O)C1. The average Bonchev–Trinajstić information content (AvgIpc) is 1.82. The first kappa shape index (κ1) is 8.57. The van der Waals surface area contributed by atoms with Crippen LogP contribution in [0.3, 0.4) is 0 Å². The molecule has 0 spiro atoms. The monoisotopic (exact) mass is 174 g/mol. The van der Waals surface area contributed by atoms with E-state index in [9.17, 15) is 8.42 Å². The van der Waals surface area contributed by atoms with Crippen LogP contribution in [0.5, 0.6) is 0 Å². The smallest absolute Gasteiger partial charge is 0.268 e. The van der Waals surface area contributed by atoms with Crippen LogP contribution in [0.15, 0.2) is 0 Å². The molecule has 62 valence electrons. The first-order chi connectivity index (χ1) is 5.10. The van der Waals surface area contributed by atoms with E-state index in [1.54, 1.807) is 6.92 Å². The van der Waals surface area contributed by atoms with E-state index in [1.165, 1.54) is 0 Å². The molecule has 1 rings (SSSR count). The van der Waals surface area contributed by atoms with Crippen LogP contribution in [0.25, 0.3) is 0 Å². The zero-order chi connectivity index (χ0) is 8.32. The molecule has 0 bridgehead atoms. The first-order valence-electron chi connectivity index (χ1n) is 3.46. The van der Waals surface area contributed by atoms with Crippen LogP contribution >= 0.6 is 0 Å². The molecular formula is C7H10O3S. The van der Waals surface area contributed by atoms with Gasteiger partial charge in [-0.3, -0.25) is 4.18 Å². The zero-order valence-electron chi connectivity index (χ0n) is 6.33. The summed E-state index contributed by atoms with van der Waals surface area (Å²) in [6.07, 6.45) is 0.504. The molecule has 1 atom stereocenters. The van der Waals surface area contributed by atoms with Gasteiger partial charge >= 0.3 is 0 Å². The quantitative estimate of drug-likeness (QED) is 0.394. The van der Waals surface area contributed by atoms with Crippen LogP contribution in [0, 0.1) is 17.8 Å². The van der Waals surface area contributed by atoms with E-state index in [4.69, 9.17) is 0 Å². The Kier molecular flexibility index (Phi) is 2.53. The summed E-state index contributed by atoms with van der Waals surface area (Å²) >= 11 is 0. The molecule has 0 fully saturated rings. The van der Waals surface area contributed by atoms with Gasteiger partial charge in [0.25, 0.3) is 10.1 Å². The maximum Gasteiger partial charge on any atom is 0.268 e. The number of hydrogen-bond donors (Lipinski definition) is 0. The van der Waals surface area contributed by atoms with Crippen molar-refractivity contribution in [3.63, 3.8) is 0 Å². The van der Waals surface area contributed by atoms with Gasteiger partial charge in [-0.15, -0.1) is 5.92 Å². The lowest BCUT2D eigenvalue weighted by atomic mass is 10.2. The summed E-state index contributed by atoms with van der Waals surface area (Å²) in [7, 11) is -3.29. The van der Waals surface area contributed by atoms with Crippen molar-refractivity contribution in [1.29, 1.82) is 0 Å². The Labute approximate surface area is 66.9 Å². The molecule has 0 aliphatic carbocycles. The summed E-state index contributed by atoms with van der Waals surface area (Å²) in [6, 6.07) is 0. The van der Waals surface area contributed by atoms with Crippen molar-refractivity contribution in [2.75, 3.05) is 12.4 Å². The van der Waals surface area contributed by atoms with Gasteiger partial charge in [-0.25, -0.2) is 0 Å². The number of hydrogen-bond acceptors (Lipinski definition) is 3. The first-order valence-corrected chi connectivity index (χ1v) is 5.03. The summed E-state index contributed by atoms with van der Waals surface area (Å²) < 4.78 is 26.5. The highest BCUT2D eigenvalue weighted by Crippen LogP contribution is 2.05. The predicted octanol–water partition coefficient (Wildman–Crippen LogP) is 0.376. The average molecular weight is 174 g/mol. The van der Waals surface area contributed by atoms with Gasteiger partial charge < -0.3 is 0 Å². The summed E-state index contributed by atoms with van der Waals surface area (Å²) in [5, 5.41) is 0. The molecule has 0 aromatic heterocycles. The number of rotatable bonds is 0. The minimum atomic E-state index is -3.29. The molecule has 0 aromatic rings. The highest BCUT2D eigenvalue weighted by molar-refractivity contribution is 7.86. The second-order valence-electron chi connectivity index (χ2n) is 2.52. The second-order valence-corrected chi connectivity index (χ2v) is 4.20. The van der Waals surface area contributed by atoms with E-state index in [-0.39, 0.29) is 18.3 Å². The molecule has 3 nitrogen and oxygen atoms in total. The molecule has 1 unspecified atom stereocenters. The normalized spacial score (nSPS) is 29.4. The highest BCUT2D eigenvalue weighted by atomic mass is 32.2. The van der Waals surface area contributed by atoms with Gasteiger partial charge in [0.2, 0.25) is 0 Å². The van der Waals surface area contributed by atoms with Crippen molar-refractivity contribution in [3.8, 4) is 11.8 Å². The van der Waals surface area contributed by atoms with Crippen LogP contribution in [0.4, 0.5) is 0 Å². The fraction of sp³-hybridized carbons (Fsp3) is 0.714. The maximum absolute atomic E-state index is 10.9. The standard InChI is InChI=1S/C7H10O3S/c1-7-4-2-3-5-10-11(8,9)6-7/h7H,3,5-6H2,1H3. The van der Waals surface area contributed by atoms with Crippen molar-refractivity contribution < 1.29 is 12.6 Å². The van der Waals surface area contributed by atoms with Gasteiger partial charge in [-0.05, 0) is 0 Å². The van der Waals surface area contributed by atoms with Crippen molar-refractivity contribution in [2.24, 2.45) is 5.92 Å².